The molecule has 0 aliphatic carbocycles. The van der Waals surface area contributed by atoms with Crippen molar-refractivity contribution < 1.29 is 9.53 Å². The van der Waals surface area contributed by atoms with E-state index in [0.29, 0.717) is 23.8 Å². The summed E-state index contributed by atoms with van der Waals surface area (Å²) in [5, 5.41) is 13.7. The highest BCUT2D eigenvalue weighted by Gasteiger charge is 2.26. The number of piperidine rings is 1. The minimum absolute atomic E-state index is 0.0355. The Morgan fingerprint density at radius 1 is 1.31 bits per heavy atom. The first-order chi connectivity index (χ1) is 15.5. The number of nitrogens with two attached hydrogens (primary N) is 1. The molecule has 9 nitrogen and oxygen atoms in total. The number of pyridine rings is 1. The zero-order valence-corrected chi connectivity index (χ0v) is 18.1. The molecular weight excluding hydrogens is 406 g/mol. The lowest BCUT2D eigenvalue weighted by Crippen LogP contribution is -2.50. The van der Waals surface area contributed by atoms with Crippen molar-refractivity contribution in [1.29, 1.82) is 5.26 Å². The van der Waals surface area contributed by atoms with E-state index in [1.165, 1.54) is 13.4 Å². The lowest BCUT2D eigenvalue weighted by Gasteiger charge is -2.34. The SMILES string of the molecule is COc1ncc(-c2ccc3ncnc(N[C@H]4CCCN(C(=O)C(C)N)C4)c3c2)cc1C#N. The third kappa shape index (κ3) is 4.31. The van der Waals surface area contributed by atoms with Gasteiger partial charge in [-0.05, 0) is 43.5 Å². The average molecular weight is 432 g/mol. The number of likely N-dealkylation sites (tertiary alicyclic amines) is 1. The van der Waals surface area contributed by atoms with Crippen LogP contribution in [0.3, 0.4) is 0 Å². The van der Waals surface area contributed by atoms with Crippen LogP contribution in [-0.2, 0) is 4.79 Å². The predicted octanol–water partition coefficient (Wildman–Crippen LogP) is 2.32. The maximum atomic E-state index is 12.3. The van der Waals surface area contributed by atoms with Crippen molar-refractivity contribution >= 4 is 22.6 Å². The molecule has 32 heavy (non-hydrogen) atoms. The van der Waals surface area contributed by atoms with Gasteiger partial charge in [-0.15, -0.1) is 0 Å². The zero-order valence-electron chi connectivity index (χ0n) is 18.1. The van der Waals surface area contributed by atoms with Crippen LogP contribution in [0.25, 0.3) is 22.0 Å². The van der Waals surface area contributed by atoms with Gasteiger partial charge in [0.05, 0.1) is 18.7 Å². The maximum absolute atomic E-state index is 12.3. The first-order valence-corrected chi connectivity index (χ1v) is 10.5. The molecule has 164 valence electrons. The van der Waals surface area contributed by atoms with Gasteiger partial charge in [0, 0.05) is 36.3 Å². The molecule has 0 saturated carbocycles. The van der Waals surface area contributed by atoms with Crippen molar-refractivity contribution in [3.63, 3.8) is 0 Å². The predicted molar refractivity (Wildman–Crippen MR) is 121 cm³/mol. The first-order valence-electron chi connectivity index (χ1n) is 10.5. The fourth-order valence-electron chi connectivity index (χ4n) is 3.98. The largest absolute Gasteiger partial charge is 0.480 e. The Kier molecular flexibility index (Phi) is 6.14. The molecule has 1 aliphatic rings. The van der Waals surface area contributed by atoms with E-state index >= 15 is 0 Å². The van der Waals surface area contributed by atoms with Gasteiger partial charge in [-0.2, -0.15) is 5.26 Å². The summed E-state index contributed by atoms with van der Waals surface area (Å²) >= 11 is 0. The number of anilines is 1. The van der Waals surface area contributed by atoms with Crippen LogP contribution in [0.2, 0.25) is 0 Å². The summed E-state index contributed by atoms with van der Waals surface area (Å²) in [6, 6.07) is 9.27. The van der Waals surface area contributed by atoms with E-state index in [0.717, 1.165) is 41.4 Å². The summed E-state index contributed by atoms with van der Waals surface area (Å²) in [4.78, 5) is 27.2. The molecule has 2 aromatic heterocycles. The Bertz CT molecular complexity index is 1190. The van der Waals surface area contributed by atoms with Crippen LogP contribution in [0.1, 0.15) is 25.3 Å². The number of amides is 1. The van der Waals surface area contributed by atoms with E-state index in [1.807, 2.05) is 23.1 Å². The van der Waals surface area contributed by atoms with E-state index in [9.17, 15) is 10.1 Å². The number of hydrogen-bond acceptors (Lipinski definition) is 8. The van der Waals surface area contributed by atoms with E-state index in [-0.39, 0.29) is 11.9 Å². The van der Waals surface area contributed by atoms with E-state index in [2.05, 4.69) is 26.3 Å². The summed E-state index contributed by atoms with van der Waals surface area (Å²) < 4.78 is 5.14. The van der Waals surface area contributed by atoms with Crippen LogP contribution in [0.4, 0.5) is 5.82 Å². The van der Waals surface area contributed by atoms with Crippen molar-refractivity contribution in [2.24, 2.45) is 5.73 Å². The summed E-state index contributed by atoms with van der Waals surface area (Å²) in [5.41, 5.74) is 8.64. The number of rotatable bonds is 5. The second-order valence-electron chi connectivity index (χ2n) is 7.90. The Hall–Kier alpha value is -3.77. The van der Waals surface area contributed by atoms with Crippen LogP contribution in [0.15, 0.2) is 36.8 Å². The number of nitrogens with one attached hydrogen (secondary N) is 1. The van der Waals surface area contributed by atoms with Crippen molar-refractivity contribution in [3.05, 3.63) is 42.4 Å². The molecule has 1 amide bonds. The monoisotopic (exact) mass is 431 g/mol. The molecule has 4 rings (SSSR count). The first kappa shape index (κ1) is 21.5. The van der Waals surface area contributed by atoms with Crippen LogP contribution in [0, 0.1) is 11.3 Å². The molecule has 1 aliphatic heterocycles. The van der Waals surface area contributed by atoms with E-state index < -0.39 is 6.04 Å². The van der Waals surface area contributed by atoms with Crippen LogP contribution < -0.4 is 15.8 Å². The molecule has 1 saturated heterocycles. The number of ether oxygens (including phenoxy) is 1. The number of benzene rings is 1. The normalized spacial score (nSPS) is 16.9. The molecule has 3 N–H and O–H groups in total. The lowest BCUT2D eigenvalue weighted by molar-refractivity contribution is -0.133. The topological polar surface area (TPSA) is 130 Å². The molecular formula is C23H25N7O2. The Morgan fingerprint density at radius 3 is 2.91 bits per heavy atom. The number of nitriles is 1. The molecule has 2 atom stereocenters. The number of methoxy groups -OCH3 is 1. The minimum atomic E-state index is -0.507. The van der Waals surface area contributed by atoms with Crippen LogP contribution in [0.5, 0.6) is 5.88 Å². The number of nitrogens with zero attached hydrogens (tertiary/aromatic N) is 5. The quantitative estimate of drug-likeness (QED) is 0.629. The summed E-state index contributed by atoms with van der Waals surface area (Å²) in [6.07, 6.45) is 5.04. The summed E-state index contributed by atoms with van der Waals surface area (Å²) in [5.74, 6) is 0.969. The molecule has 0 bridgehead atoms. The number of fused-ring (bicyclic) bond motifs is 1. The summed E-state index contributed by atoms with van der Waals surface area (Å²) in [7, 11) is 1.49. The van der Waals surface area contributed by atoms with Crippen molar-refractivity contribution in [1.82, 2.24) is 19.9 Å². The molecule has 1 aromatic carbocycles. The fourth-order valence-corrected chi connectivity index (χ4v) is 3.98. The minimum Gasteiger partial charge on any atom is -0.480 e. The third-order valence-corrected chi connectivity index (χ3v) is 5.60. The third-order valence-electron chi connectivity index (χ3n) is 5.60. The molecule has 0 radical (unpaired) electrons. The molecule has 9 heteroatoms. The highest BCUT2D eigenvalue weighted by atomic mass is 16.5. The van der Waals surface area contributed by atoms with Gasteiger partial charge in [-0.3, -0.25) is 4.79 Å². The maximum Gasteiger partial charge on any atom is 0.239 e. The van der Waals surface area contributed by atoms with Crippen LogP contribution in [-0.4, -0.2) is 58.0 Å². The molecule has 3 heterocycles. The van der Waals surface area contributed by atoms with Crippen molar-refractivity contribution in [2.45, 2.75) is 31.8 Å². The van der Waals surface area contributed by atoms with Gasteiger partial charge in [0.25, 0.3) is 0 Å². The second kappa shape index (κ2) is 9.16. The van der Waals surface area contributed by atoms with Crippen molar-refractivity contribution in [2.75, 3.05) is 25.5 Å². The van der Waals surface area contributed by atoms with Gasteiger partial charge in [0.2, 0.25) is 11.8 Å². The zero-order chi connectivity index (χ0) is 22.7. The highest BCUT2D eigenvalue weighted by molar-refractivity contribution is 5.92. The second-order valence-corrected chi connectivity index (χ2v) is 7.90. The Balaban J connectivity index is 1.64. The fraction of sp³-hybridized carbons (Fsp3) is 0.348. The number of carbonyl (C=O) groups is 1. The van der Waals surface area contributed by atoms with Gasteiger partial charge >= 0.3 is 0 Å². The van der Waals surface area contributed by atoms with Gasteiger partial charge in [-0.1, -0.05) is 6.07 Å². The lowest BCUT2D eigenvalue weighted by atomic mass is 10.0. The van der Waals surface area contributed by atoms with Crippen LogP contribution >= 0.6 is 0 Å². The molecule has 1 unspecified atom stereocenters. The molecule has 1 fully saturated rings. The molecule has 3 aromatic rings. The number of carbonyl (C=O) groups excluding carboxylic acids is 1. The smallest absolute Gasteiger partial charge is 0.239 e. The Morgan fingerprint density at radius 2 is 2.16 bits per heavy atom. The average Bonchev–Trinajstić information content (AvgIpc) is 2.83. The standard InChI is InChI=1S/C23H25N7O2/c1-14(25)23(31)30-7-3-4-18(12-30)29-21-19-9-15(5-6-20(19)27-13-28-21)17-8-16(10-24)22(32-2)26-11-17/h5-6,8-9,11,13-14,18H,3-4,7,12,25H2,1-2H3,(H,27,28,29)/t14?,18-/m0/s1. The summed E-state index contributed by atoms with van der Waals surface area (Å²) in [6.45, 7) is 3.02. The molecule has 0 spiro atoms. The van der Waals surface area contributed by atoms with Crippen molar-refractivity contribution in [3.8, 4) is 23.1 Å². The number of hydrogen-bond donors (Lipinski definition) is 2. The highest BCUT2D eigenvalue weighted by Crippen LogP contribution is 2.29. The van der Waals surface area contributed by atoms with E-state index in [4.69, 9.17) is 10.5 Å². The van der Waals surface area contributed by atoms with Gasteiger partial charge in [0.1, 0.15) is 23.8 Å². The van der Waals surface area contributed by atoms with E-state index in [1.54, 1.807) is 19.2 Å². The number of aromatic nitrogens is 3. The Labute approximate surface area is 186 Å². The van der Waals surface area contributed by atoms with Gasteiger partial charge in [-0.25, -0.2) is 15.0 Å². The van der Waals surface area contributed by atoms with Gasteiger partial charge in [0.15, 0.2) is 0 Å². The van der Waals surface area contributed by atoms with Gasteiger partial charge < -0.3 is 20.7 Å².